The molecule has 41 heavy (non-hydrogen) atoms. The number of alkyl halides is 3. The molecule has 2 heterocycles. The summed E-state index contributed by atoms with van der Waals surface area (Å²) in [6.07, 6.45) is 0.00185. The number of para-hydroxylation sites is 1. The summed E-state index contributed by atoms with van der Waals surface area (Å²) in [5, 5.41) is 6.09. The van der Waals surface area contributed by atoms with Gasteiger partial charge in [0.1, 0.15) is 17.7 Å². The van der Waals surface area contributed by atoms with E-state index < -0.39 is 52.4 Å². The number of aromatic amines is 1. The van der Waals surface area contributed by atoms with Crippen LogP contribution in [-0.2, 0) is 17.4 Å². The number of rotatable bonds is 7. The van der Waals surface area contributed by atoms with Crippen LogP contribution in [0.5, 0.6) is 0 Å². The van der Waals surface area contributed by atoms with Gasteiger partial charge in [-0.1, -0.05) is 24.3 Å². The van der Waals surface area contributed by atoms with E-state index in [0.29, 0.717) is 23.9 Å². The minimum absolute atomic E-state index is 0.0574. The summed E-state index contributed by atoms with van der Waals surface area (Å²) in [7, 11) is 0. The van der Waals surface area contributed by atoms with Crippen molar-refractivity contribution in [2.75, 3.05) is 5.32 Å². The van der Waals surface area contributed by atoms with Gasteiger partial charge in [0.15, 0.2) is 0 Å². The van der Waals surface area contributed by atoms with Crippen molar-refractivity contribution < 1.29 is 31.5 Å². The van der Waals surface area contributed by atoms with Crippen LogP contribution in [0.4, 0.5) is 27.6 Å². The molecule has 0 aliphatic rings. The molecule has 1 atom stereocenters. The van der Waals surface area contributed by atoms with E-state index in [9.17, 15) is 27.2 Å². The normalized spacial score (nSPS) is 12.2. The molecule has 6 nitrogen and oxygen atoms in total. The molecular formula is C30H21F5N4O2. The van der Waals surface area contributed by atoms with Gasteiger partial charge in [-0.25, -0.2) is 8.78 Å². The topological polar surface area (TPSA) is 86.9 Å². The first-order valence-corrected chi connectivity index (χ1v) is 12.3. The standard InChI is InChI=1S/C30H21F5N4O2/c31-24-8-6-19(30(33,34)35)15-23(24)17-5-7-22(25(32)13-17)28(40)39-27(29(41)38-20-9-11-36-12-10-20)14-18-16-37-26-4-2-1-3-21(18)26/h1-13,15-16,27,37H,14H2,(H,39,40)(H,36,38,41). The number of halogens is 5. The predicted octanol–water partition coefficient (Wildman–Crippen LogP) is 6.51. The molecule has 208 valence electrons. The van der Waals surface area contributed by atoms with E-state index in [0.717, 1.165) is 34.7 Å². The molecule has 5 rings (SSSR count). The van der Waals surface area contributed by atoms with Gasteiger partial charge in [-0.3, -0.25) is 14.6 Å². The summed E-state index contributed by atoms with van der Waals surface area (Å²) in [6, 6.07) is 14.1. The lowest BCUT2D eigenvalue weighted by Gasteiger charge is -2.19. The van der Waals surface area contributed by atoms with Gasteiger partial charge in [-0.2, -0.15) is 13.2 Å². The molecule has 0 fully saturated rings. The van der Waals surface area contributed by atoms with Crippen LogP contribution >= 0.6 is 0 Å². The summed E-state index contributed by atoms with van der Waals surface area (Å²) in [5.74, 6) is -3.59. The Kier molecular flexibility index (Phi) is 7.52. The Morgan fingerprint density at radius 1 is 0.902 bits per heavy atom. The largest absolute Gasteiger partial charge is 0.416 e. The molecule has 0 aliphatic carbocycles. The number of hydrogen-bond acceptors (Lipinski definition) is 3. The van der Waals surface area contributed by atoms with Gasteiger partial charge in [0, 0.05) is 47.2 Å². The number of nitrogens with one attached hydrogen (secondary N) is 3. The van der Waals surface area contributed by atoms with Gasteiger partial charge < -0.3 is 15.6 Å². The molecule has 0 bridgehead atoms. The Morgan fingerprint density at radius 2 is 1.66 bits per heavy atom. The number of fused-ring (bicyclic) bond motifs is 1. The van der Waals surface area contributed by atoms with E-state index in [1.54, 1.807) is 18.3 Å². The Hall–Kier alpha value is -5.06. The zero-order chi connectivity index (χ0) is 29.1. The third-order valence-corrected chi connectivity index (χ3v) is 6.49. The van der Waals surface area contributed by atoms with Crippen LogP contribution in [0.1, 0.15) is 21.5 Å². The number of aromatic nitrogens is 2. The second kappa shape index (κ2) is 11.2. The molecule has 0 saturated heterocycles. The molecule has 3 aromatic carbocycles. The smallest absolute Gasteiger partial charge is 0.361 e. The number of hydrogen-bond donors (Lipinski definition) is 3. The maximum Gasteiger partial charge on any atom is 0.416 e. The third-order valence-electron chi connectivity index (χ3n) is 6.49. The highest BCUT2D eigenvalue weighted by Gasteiger charge is 2.31. The number of carbonyl (C=O) groups is 2. The quantitative estimate of drug-likeness (QED) is 0.197. The molecule has 5 aromatic rings. The lowest BCUT2D eigenvalue weighted by atomic mass is 9.99. The van der Waals surface area contributed by atoms with Crippen molar-refractivity contribution in [3.8, 4) is 11.1 Å². The SMILES string of the molecule is O=C(NC(Cc1c[nH]c2ccccc12)C(=O)Nc1ccncc1)c1ccc(-c2cc(C(F)(F)F)ccc2F)cc1F. The summed E-state index contributed by atoms with van der Waals surface area (Å²) in [6.45, 7) is 0. The number of carbonyl (C=O) groups excluding carboxylic acids is 2. The fourth-order valence-corrected chi connectivity index (χ4v) is 4.42. The summed E-state index contributed by atoms with van der Waals surface area (Å²) < 4.78 is 68.8. The van der Waals surface area contributed by atoms with Gasteiger partial charge >= 0.3 is 6.18 Å². The van der Waals surface area contributed by atoms with E-state index in [-0.39, 0.29) is 12.0 Å². The maximum absolute atomic E-state index is 15.1. The van der Waals surface area contributed by atoms with Crippen molar-refractivity contribution in [1.82, 2.24) is 15.3 Å². The number of anilines is 1. The van der Waals surface area contributed by atoms with Crippen LogP contribution in [0.25, 0.3) is 22.0 Å². The molecule has 1 unspecified atom stereocenters. The highest BCUT2D eigenvalue weighted by atomic mass is 19.4. The summed E-state index contributed by atoms with van der Waals surface area (Å²) >= 11 is 0. The first kappa shape index (κ1) is 27.5. The summed E-state index contributed by atoms with van der Waals surface area (Å²) in [4.78, 5) is 33.4. The van der Waals surface area contributed by atoms with Crippen molar-refractivity contribution in [3.63, 3.8) is 0 Å². The number of amides is 2. The van der Waals surface area contributed by atoms with Gasteiger partial charge in [-0.05, 0) is 59.7 Å². The number of H-pyrrole nitrogens is 1. The molecule has 0 aliphatic heterocycles. The third kappa shape index (κ3) is 6.08. The average Bonchev–Trinajstić information content (AvgIpc) is 3.35. The van der Waals surface area contributed by atoms with Gasteiger partial charge in [0.05, 0.1) is 11.1 Å². The molecule has 11 heteroatoms. The monoisotopic (exact) mass is 564 g/mol. The molecule has 2 aromatic heterocycles. The van der Waals surface area contributed by atoms with Crippen LogP contribution in [-0.4, -0.2) is 27.8 Å². The fourth-order valence-electron chi connectivity index (χ4n) is 4.42. The molecule has 2 amide bonds. The van der Waals surface area contributed by atoms with Crippen molar-refractivity contribution in [2.24, 2.45) is 0 Å². The van der Waals surface area contributed by atoms with E-state index in [4.69, 9.17) is 0 Å². The molecule has 0 radical (unpaired) electrons. The van der Waals surface area contributed by atoms with Crippen LogP contribution < -0.4 is 10.6 Å². The van der Waals surface area contributed by atoms with Crippen LogP contribution in [0.2, 0.25) is 0 Å². The van der Waals surface area contributed by atoms with Crippen LogP contribution in [0, 0.1) is 11.6 Å². The number of benzene rings is 3. The second-order valence-electron chi connectivity index (χ2n) is 9.20. The first-order chi connectivity index (χ1) is 19.6. The van der Waals surface area contributed by atoms with Crippen molar-refractivity contribution in [1.29, 1.82) is 0 Å². The molecule has 0 saturated carbocycles. The first-order valence-electron chi connectivity index (χ1n) is 12.3. The van der Waals surface area contributed by atoms with E-state index >= 15 is 4.39 Å². The van der Waals surface area contributed by atoms with Crippen LogP contribution in [0.15, 0.2) is 91.4 Å². The van der Waals surface area contributed by atoms with Crippen molar-refractivity contribution in [3.05, 3.63) is 120 Å². The highest BCUT2D eigenvalue weighted by Crippen LogP contribution is 2.34. The lowest BCUT2D eigenvalue weighted by molar-refractivity contribution is -0.137. The molecular weight excluding hydrogens is 543 g/mol. The van der Waals surface area contributed by atoms with Crippen molar-refractivity contribution >= 4 is 28.4 Å². The lowest BCUT2D eigenvalue weighted by Crippen LogP contribution is -2.45. The zero-order valence-corrected chi connectivity index (χ0v) is 21.1. The zero-order valence-electron chi connectivity index (χ0n) is 21.1. The Balaban J connectivity index is 1.42. The Bertz CT molecular complexity index is 1730. The minimum atomic E-state index is -4.72. The van der Waals surface area contributed by atoms with Crippen LogP contribution in [0.3, 0.4) is 0 Å². The van der Waals surface area contributed by atoms with E-state index in [1.807, 2.05) is 24.3 Å². The summed E-state index contributed by atoms with van der Waals surface area (Å²) in [5.41, 5.74) is -0.245. The average molecular weight is 565 g/mol. The van der Waals surface area contributed by atoms with Gasteiger partial charge in [0.2, 0.25) is 5.91 Å². The molecule has 3 N–H and O–H groups in total. The van der Waals surface area contributed by atoms with Gasteiger partial charge in [-0.15, -0.1) is 0 Å². The Morgan fingerprint density at radius 3 is 2.39 bits per heavy atom. The maximum atomic E-state index is 15.1. The van der Waals surface area contributed by atoms with E-state index in [2.05, 4.69) is 20.6 Å². The number of nitrogens with zero attached hydrogens (tertiary/aromatic N) is 1. The number of pyridine rings is 1. The predicted molar refractivity (Wildman–Crippen MR) is 143 cm³/mol. The Labute approximate surface area is 230 Å². The van der Waals surface area contributed by atoms with Crippen molar-refractivity contribution in [2.45, 2.75) is 18.6 Å². The van der Waals surface area contributed by atoms with Gasteiger partial charge in [0.25, 0.3) is 5.91 Å². The highest BCUT2D eigenvalue weighted by molar-refractivity contribution is 6.02. The minimum Gasteiger partial charge on any atom is -0.361 e. The molecule has 0 spiro atoms. The van der Waals surface area contributed by atoms with E-state index in [1.165, 1.54) is 12.4 Å². The fraction of sp³-hybridized carbons (Fsp3) is 0.100. The second-order valence-corrected chi connectivity index (χ2v) is 9.20.